The van der Waals surface area contributed by atoms with Gasteiger partial charge in [-0.3, -0.25) is 4.79 Å². The number of fused-ring (bicyclic) bond motifs is 2. The fraction of sp³-hybridized carbons (Fsp3) is 0.448. The highest BCUT2D eigenvalue weighted by atomic mass is 16.7. The lowest BCUT2D eigenvalue weighted by atomic mass is 9.91. The van der Waals surface area contributed by atoms with Crippen LogP contribution in [0, 0.1) is 11.8 Å². The summed E-state index contributed by atoms with van der Waals surface area (Å²) in [4.78, 5) is 25.1. The minimum Gasteiger partial charge on any atom is -0.465 e. The van der Waals surface area contributed by atoms with Crippen LogP contribution in [0.2, 0.25) is 0 Å². The van der Waals surface area contributed by atoms with Gasteiger partial charge in [-0.05, 0) is 66.0 Å². The number of nitrogens with one attached hydrogen (secondary N) is 1. The Kier molecular flexibility index (Phi) is 7.39. The number of carbonyl (C=O) groups excluding carboxylic acids is 2. The number of hydrogen-bond acceptors (Lipinski definition) is 6. The average Bonchev–Trinajstić information content (AvgIpc) is 3.55. The number of carbonyl (C=O) groups is 2. The van der Waals surface area contributed by atoms with E-state index in [4.69, 9.17) is 14.2 Å². The quantitative estimate of drug-likeness (QED) is 0.538. The van der Waals surface area contributed by atoms with Crippen molar-refractivity contribution in [3.05, 3.63) is 82.6 Å². The van der Waals surface area contributed by atoms with Crippen molar-refractivity contribution < 1.29 is 28.9 Å². The first-order valence-corrected chi connectivity index (χ1v) is 12.7. The Labute approximate surface area is 211 Å². The minimum atomic E-state index is -0.599. The van der Waals surface area contributed by atoms with E-state index in [0.717, 1.165) is 29.0 Å². The van der Waals surface area contributed by atoms with Gasteiger partial charge < -0.3 is 24.6 Å². The molecule has 2 bridgehead atoms. The molecule has 5 atom stereocenters. The third-order valence-corrected chi connectivity index (χ3v) is 7.74. The first-order chi connectivity index (χ1) is 17.5. The van der Waals surface area contributed by atoms with E-state index in [1.807, 2.05) is 42.5 Å². The second-order valence-corrected chi connectivity index (χ2v) is 10.1. The van der Waals surface area contributed by atoms with E-state index in [0.29, 0.717) is 24.5 Å². The lowest BCUT2D eigenvalue weighted by molar-refractivity contribution is -0.150. The molecule has 3 aliphatic rings. The third kappa shape index (κ3) is 5.47. The molecule has 7 heteroatoms. The predicted molar refractivity (Wildman–Crippen MR) is 133 cm³/mol. The van der Waals surface area contributed by atoms with Crippen molar-refractivity contribution in [1.82, 2.24) is 5.32 Å². The van der Waals surface area contributed by atoms with Crippen LogP contribution in [0.1, 0.15) is 65.1 Å². The van der Waals surface area contributed by atoms with Gasteiger partial charge >= 0.3 is 5.97 Å². The zero-order chi connectivity index (χ0) is 25.1. The number of benzene rings is 2. The van der Waals surface area contributed by atoms with Gasteiger partial charge in [0.25, 0.3) is 5.91 Å². The summed E-state index contributed by atoms with van der Waals surface area (Å²) >= 11 is 0. The van der Waals surface area contributed by atoms with Crippen LogP contribution in [-0.2, 0) is 32.2 Å². The first kappa shape index (κ1) is 24.5. The maximum Gasteiger partial charge on any atom is 0.337 e. The molecule has 1 heterocycles. The van der Waals surface area contributed by atoms with E-state index in [1.54, 1.807) is 12.1 Å². The number of aliphatic hydroxyl groups excluding tert-OH is 1. The molecule has 5 rings (SSSR count). The summed E-state index contributed by atoms with van der Waals surface area (Å²) in [7, 11) is 1.36. The Morgan fingerprint density at radius 2 is 1.75 bits per heavy atom. The molecule has 5 unspecified atom stereocenters. The fourth-order valence-corrected chi connectivity index (χ4v) is 5.73. The topological polar surface area (TPSA) is 94.1 Å². The molecule has 7 nitrogen and oxygen atoms in total. The molecule has 36 heavy (non-hydrogen) atoms. The van der Waals surface area contributed by atoms with Crippen LogP contribution in [0.5, 0.6) is 0 Å². The van der Waals surface area contributed by atoms with Crippen molar-refractivity contribution in [3.63, 3.8) is 0 Å². The molecule has 0 spiro atoms. The summed E-state index contributed by atoms with van der Waals surface area (Å²) in [6, 6.07) is 15.0. The van der Waals surface area contributed by atoms with Crippen LogP contribution in [0.15, 0.2) is 60.4 Å². The molecule has 1 amide bonds. The summed E-state index contributed by atoms with van der Waals surface area (Å²) in [5.74, 6) is 0.905. The lowest BCUT2D eigenvalue weighted by Crippen LogP contribution is -2.41. The number of allylic oxidation sites excluding steroid dienone is 1. The monoisotopic (exact) mass is 491 g/mol. The van der Waals surface area contributed by atoms with Gasteiger partial charge in [0.15, 0.2) is 5.76 Å². The number of amides is 1. The van der Waals surface area contributed by atoms with E-state index >= 15 is 0 Å². The van der Waals surface area contributed by atoms with Crippen LogP contribution in [0.3, 0.4) is 0 Å². The summed E-state index contributed by atoms with van der Waals surface area (Å²) in [5.41, 5.74) is 3.24. The first-order valence-electron chi connectivity index (χ1n) is 12.7. The smallest absolute Gasteiger partial charge is 0.337 e. The van der Waals surface area contributed by atoms with Gasteiger partial charge in [-0.1, -0.05) is 42.8 Å². The van der Waals surface area contributed by atoms with Crippen LogP contribution in [0.25, 0.3) is 0 Å². The standard InChI is InChI=1S/C29H33NO6/c1-34-29(33)22-10-8-21(9-11-22)24-14-26(28(32)30-25-13-20-6-7-23(25)12-20)36-27(15-24)35-17-19-4-2-18(16-31)3-5-19/h2-5,8-11,14,20,23-25,27,31H,6-7,12-13,15-17H2,1H3,(H,30,32). The molecule has 190 valence electrons. The Bertz CT molecular complexity index is 1110. The van der Waals surface area contributed by atoms with Gasteiger partial charge in [0, 0.05) is 18.4 Å². The van der Waals surface area contributed by atoms with E-state index in [1.165, 1.54) is 26.4 Å². The van der Waals surface area contributed by atoms with Crippen molar-refractivity contribution in [3.8, 4) is 0 Å². The molecule has 2 aliphatic carbocycles. The SMILES string of the molecule is COC(=O)c1ccc(C2C=C(C(=O)NC3CC4CCC3C4)OC(OCc3ccc(CO)cc3)C2)cc1. The highest BCUT2D eigenvalue weighted by Crippen LogP contribution is 2.44. The molecular formula is C29H33NO6. The summed E-state index contributed by atoms with van der Waals surface area (Å²) in [6.45, 7) is 0.320. The predicted octanol–water partition coefficient (Wildman–Crippen LogP) is 4.20. The molecule has 0 aromatic heterocycles. The molecule has 0 saturated heterocycles. The van der Waals surface area contributed by atoms with Gasteiger partial charge in [0.2, 0.25) is 6.29 Å². The van der Waals surface area contributed by atoms with Crippen LogP contribution >= 0.6 is 0 Å². The van der Waals surface area contributed by atoms with Gasteiger partial charge in [0.1, 0.15) is 0 Å². The zero-order valence-corrected chi connectivity index (χ0v) is 20.5. The average molecular weight is 492 g/mol. The molecule has 2 N–H and O–H groups in total. The number of hydrogen-bond donors (Lipinski definition) is 2. The summed E-state index contributed by atoms with van der Waals surface area (Å²) in [5, 5.41) is 12.5. The van der Waals surface area contributed by atoms with Crippen molar-refractivity contribution in [2.45, 2.75) is 63.6 Å². The van der Waals surface area contributed by atoms with E-state index in [9.17, 15) is 14.7 Å². The van der Waals surface area contributed by atoms with E-state index in [2.05, 4.69) is 5.32 Å². The molecule has 2 aromatic carbocycles. The molecule has 2 fully saturated rings. The number of esters is 1. The number of methoxy groups -OCH3 is 1. The number of ether oxygens (including phenoxy) is 3. The van der Waals surface area contributed by atoms with Crippen LogP contribution in [-0.4, -0.2) is 36.4 Å². The largest absolute Gasteiger partial charge is 0.465 e. The molecular weight excluding hydrogens is 458 g/mol. The molecule has 2 saturated carbocycles. The third-order valence-electron chi connectivity index (χ3n) is 7.74. The summed E-state index contributed by atoms with van der Waals surface area (Å²) < 4.78 is 16.9. The second kappa shape index (κ2) is 10.8. The highest BCUT2D eigenvalue weighted by Gasteiger charge is 2.41. The normalized spacial score (nSPS) is 26.7. The Balaban J connectivity index is 1.31. The molecule has 1 aliphatic heterocycles. The van der Waals surface area contributed by atoms with Crippen molar-refractivity contribution in [1.29, 1.82) is 0 Å². The van der Waals surface area contributed by atoms with Crippen LogP contribution < -0.4 is 5.32 Å². The zero-order valence-electron chi connectivity index (χ0n) is 20.5. The highest BCUT2D eigenvalue weighted by molar-refractivity contribution is 5.92. The molecule has 0 radical (unpaired) electrons. The Hall–Kier alpha value is -3.16. The van der Waals surface area contributed by atoms with E-state index in [-0.39, 0.29) is 36.2 Å². The maximum absolute atomic E-state index is 13.2. The Morgan fingerprint density at radius 1 is 1.00 bits per heavy atom. The van der Waals surface area contributed by atoms with Crippen molar-refractivity contribution in [2.24, 2.45) is 11.8 Å². The Morgan fingerprint density at radius 3 is 2.39 bits per heavy atom. The van der Waals surface area contributed by atoms with Crippen molar-refractivity contribution in [2.75, 3.05) is 7.11 Å². The fourth-order valence-electron chi connectivity index (χ4n) is 5.73. The van der Waals surface area contributed by atoms with E-state index < -0.39 is 6.29 Å². The van der Waals surface area contributed by atoms with Gasteiger partial charge in [0.05, 0.1) is 25.9 Å². The van der Waals surface area contributed by atoms with Crippen LogP contribution in [0.4, 0.5) is 0 Å². The number of aliphatic hydroxyl groups is 1. The van der Waals surface area contributed by atoms with Gasteiger partial charge in [-0.15, -0.1) is 0 Å². The van der Waals surface area contributed by atoms with Gasteiger partial charge in [-0.25, -0.2) is 4.79 Å². The summed E-state index contributed by atoms with van der Waals surface area (Å²) in [6.07, 6.45) is 6.52. The van der Waals surface area contributed by atoms with Crippen molar-refractivity contribution >= 4 is 11.9 Å². The second-order valence-electron chi connectivity index (χ2n) is 10.1. The molecule has 2 aromatic rings. The number of rotatable bonds is 8. The van der Waals surface area contributed by atoms with Gasteiger partial charge in [-0.2, -0.15) is 0 Å². The minimum absolute atomic E-state index is 0.00478. The lowest BCUT2D eigenvalue weighted by Gasteiger charge is -2.31. The maximum atomic E-state index is 13.2.